The van der Waals surface area contributed by atoms with Gasteiger partial charge in [0.1, 0.15) is 11.5 Å². The Hall–Kier alpha value is -2.64. The summed E-state index contributed by atoms with van der Waals surface area (Å²) in [4.78, 5) is 11.0. The van der Waals surface area contributed by atoms with Crippen molar-refractivity contribution in [3.05, 3.63) is 58.6 Å². The Balaban J connectivity index is 1.88. The summed E-state index contributed by atoms with van der Waals surface area (Å²) < 4.78 is 11.7. The zero-order valence-electron chi connectivity index (χ0n) is 18.9. The van der Waals surface area contributed by atoms with Gasteiger partial charge in [0.25, 0.3) is 0 Å². The summed E-state index contributed by atoms with van der Waals surface area (Å²) in [6.07, 6.45) is -0.0191. The van der Waals surface area contributed by atoms with E-state index in [0.717, 1.165) is 11.3 Å². The Labute approximate surface area is 190 Å². The predicted octanol–water partition coefficient (Wildman–Crippen LogP) is 6.31. The lowest BCUT2D eigenvalue weighted by atomic mass is 9.87. The predicted molar refractivity (Wildman–Crippen MR) is 125 cm³/mol. The van der Waals surface area contributed by atoms with Crippen molar-refractivity contribution in [1.29, 1.82) is 0 Å². The quantitative estimate of drug-likeness (QED) is 0.462. The summed E-state index contributed by atoms with van der Waals surface area (Å²) in [7, 11) is 0. The largest absolute Gasteiger partial charge is 0.493 e. The van der Waals surface area contributed by atoms with Crippen LogP contribution in [0.3, 0.4) is 0 Å². The molecule has 0 aliphatic rings. The minimum absolute atomic E-state index is 0.0191. The smallest absolute Gasteiger partial charge is 0.304 e. The first-order valence-corrected chi connectivity index (χ1v) is 10.8. The highest BCUT2D eigenvalue weighted by atomic mass is 35.5. The van der Waals surface area contributed by atoms with Crippen LogP contribution in [0.25, 0.3) is 0 Å². The molecule has 31 heavy (non-hydrogen) atoms. The van der Waals surface area contributed by atoms with Crippen molar-refractivity contribution >= 4 is 17.6 Å². The van der Waals surface area contributed by atoms with Gasteiger partial charge in [0.05, 0.1) is 30.6 Å². The third kappa shape index (κ3) is 7.84. The van der Waals surface area contributed by atoms with Gasteiger partial charge in [0.2, 0.25) is 0 Å². The lowest BCUT2D eigenvalue weighted by Crippen LogP contribution is -2.17. The third-order valence-corrected chi connectivity index (χ3v) is 5.13. The molecule has 0 aliphatic carbocycles. The van der Waals surface area contributed by atoms with Crippen LogP contribution >= 0.6 is 11.6 Å². The lowest BCUT2D eigenvalue weighted by molar-refractivity contribution is -0.137. The molecule has 0 amide bonds. The molecule has 0 bridgehead atoms. The van der Waals surface area contributed by atoms with Gasteiger partial charge in [0.15, 0.2) is 0 Å². The molecule has 2 aromatic carbocycles. The maximum Gasteiger partial charge on any atom is 0.304 e. The Kier molecular flexibility index (Phi) is 8.83. The molecule has 0 aromatic heterocycles. The van der Waals surface area contributed by atoms with E-state index in [4.69, 9.17) is 26.2 Å². The molecule has 5 heteroatoms. The highest BCUT2D eigenvalue weighted by molar-refractivity contribution is 6.32. The van der Waals surface area contributed by atoms with Gasteiger partial charge in [0, 0.05) is 5.92 Å². The van der Waals surface area contributed by atoms with Crippen LogP contribution in [-0.2, 0) is 10.2 Å². The molecule has 0 heterocycles. The van der Waals surface area contributed by atoms with E-state index < -0.39 is 5.97 Å². The van der Waals surface area contributed by atoms with Crippen LogP contribution in [0.4, 0.5) is 0 Å². The number of ether oxygens (including phenoxy) is 2. The van der Waals surface area contributed by atoms with Crippen molar-refractivity contribution in [2.75, 3.05) is 13.2 Å². The van der Waals surface area contributed by atoms with Crippen molar-refractivity contribution in [1.82, 2.24) is 0 Å². The number of rotatable bonds is 9. The van der Waals surface area contributed by atoms with Crippen LogP contribution in [0.2, 0.25) is 5.02 Å². The van der Waals surface area contributed by atoms with Crippen molar-refractivity contribution in [3.8, 4) is 23.3 Å². The highest BCUT2D eigenvalue weighted by Gasteiger charge is 2.16. The lowest BCUT2D eigenvalue weighted by Gasteiger charge is -2.20. The molecular formula is C26H31ClO4. The van der Waals surface area contributed by atoms with Crippen molar-refractivity contribution in [3.63, 3.8) is 0 Å². The van der Waals surface area contributed by atoms with E-state index in [-0.39, 0.29) is 23.7 Å². The van der Waals surface area contributed by atoms with Crippen LogP contribution in [0.1, 0.15) is 58.1 Å². The number of carboxylic acid groups (broad SMARTS) is 1. The Morgan fingerprint density at radius 2 is 1.74 bits per heavy atom. The number of halogens is 1. The fraction of sp³-hybridized carbons (Fsp3) is 0.423. The average molecular weight is 443 g/mol. The summed E-state index contributed by atoms with van der Waals surface area (Å²) >= 11 is 6.38. The van der Waals surface area contributed by atoms with E-state index in [9.17, 15) is 4.79 Å². The van der Waals surface area contributed by atoms with Gasteiger partial charge in [-0.1, -0.05) is 63.4 Å². The van der Waals surface area contributed by atoms with Gasteiger partial charge in [-0.3, -0.25) is 4.79 Å². The number of hydrogen-bond acceptors (Lipinski definition) is 3. The summed E-state index contributed by atoms with van der Waals surface area (Å²) in [5.41, 5.74) is 2.07. The van der Waals surface area contributed by atoms with Crippen LogP contribution in [0.5, 0.6) is 11.5 Å². The number of hydrogen-bond donors (Lipinski definition) is 1. The second-order valence-electron chi connectivity index (χ2n) is 8.74. The Morgan fingerprint density at radius 1 is 1.10 bits per heavy atom. The first kappa shape index (κ1) is 24.6. The highest BCUT2D eigenvalue weighted by Crippen LogP contribution is 2.31. The first-order valence-electron chi connectivity index (χ1n) is 10.4. The van der Waals surface area contributed by atoms with E-state index in [0.29, 0.717) is 24.0 Å². The molecule has 0 fully saturated rings. The fourth-order valence-electron chi connectivity index (χ4n) is 3.00. The minimum atomic E-state index is -0.866. The van der Waals surface area contributed by atoms with Gasteiger partial charge in [-0.2, -0.15) is 0 Å². The standard InChI is InChI=1S/C26H31ClO4/c1-6-7-20(14-25(28)29)19-8-11-22(12-9-19)30-16-18(2)17-31-24-13-10-21(15-23(24)27)26(3,4)5/h8-13,15,18,20H,14,16-17H2,1-5H3,(H,28,29). The topological polar surface area (TPSA) is 55.8 Å². The summed E-state index contributed by atoms with van der Waals surface area (Å²) in [6, 6.07) is 13.3. The third-order valence-electron chi connectivity index (χ3n) is 4.84. The maximum absolute atomic E-state index is 11.0. The van der Waals surface area contributed by atoms with Crippen molar-refractivity contribution in [2.24, 2.45) is 5.92 Å². The summed E-state index contributed by atoms with van der Waals surface area (Å²) in [5.74, 6) is 6.12. The van der Waals surface area contributed by atoms with E-state index in [2.05, 4.69) is 32.6 Å². The minimum Gasteiger partial charge on any atom is -0.493 e. The van der Waals surface area contributed by atoms with Crippen LogP contribution in [0, 0.1) is 17.8 Å². The summed E-state index contributed by atoms with van der Waals surface area (Å²) in [5, 5.41) is 9.67. The van der Waals surface area contributed by atoms with Gasteiger partial charge >= 0.3 is 5.97 Å². The maximum atomic E-state index is 11.0. The van der Waals surface area contributed by atoms with Crippen molar-refractivity contribution < 1.29 is 19.4 Å². The van der Waals surface area contributed by atoms with Gasteiger partial charge < -0.3 is 14.6 Å². The van der Waals surface area contributed by atoms with E-state index in [1.807, 2.05) is 49.4 Å². The van der Waals surface area contributed by atoms with Gasteiger partial charge in [-0.15, -0.1) is 5.92 Å². The van der Waals surface area contributed by atoms with Crippen LogP contribution in [-0.4, -0.2) is 24.3 Å². The first-order chi connectivity index (χ1) is 14.6. The molecule has 0 saturated heterocycles. The number of carboxylic acids is 1. The molecule has 0 spiro atoms. The summed E-state index contributed by atoms with van der Waals surface area (Å²) in [6.45, 7) is 11.2. The second-order valence-corrected chi connectivity index (χ2v) is 9.14. The molecule has 2 aromatic rings. The Bertz CT molecular complexity index is 933. The monoisotopic (exact) mass is 442 g/mol. The van der Waals surface area contributed by atoms with Gasteiger partial charge in [-0.05, 0) is 47.7 Å². The Morgan fingerprint density at radius 3 is 2.29 bits per heavy atom. The zero-order valence-corrected chi connectivity index (χ0v) is 19.6. The molecule has 0 saturated carbocycles. The molecule has 166 valence electrons. The van der Waals surface area contributed by atoms with Crippen LogP contribution in [0.15, 0.2) is 42.5 Å². The molecule has 2 rings (SSSR count). The average Bonchev–Trinajstić information content (AvgIpc) is 2.70. The molecule has 4 nitrogen and oxygen atoms in total. The van der Waals surface area contributed by atoms with E-state index >= 15 is 0 Å². The number of benzene rings is 2. The molecule has 0 aliphatic heterocycles. The van der Waals surface area contributed by atoms with Gasteiger partial charge in [-0.25, -0.2) is 0 Å². The molecule has 1 N–H and O–H groups in total. The molecule has 2 unspecified atom stereocenters. The fourth-order valence-corrected chi connectivity index (χ4v) is 3.24. The molecule has 0 radical (unpaired) electrons. The number of aliphatic carboxylic acids is 1. The van der Waals surface area contributed by atoms with Crippen molar-refractivity contribution in [2.45, 2.75) is 52.4 Å². The van der Waals surface area contributed by atoms with E-state index in [1.165, 1.54) is 5.56 Å². The van der Waals surface area contributed by atoms with E-state index in [1.54, 1.807) is 6.92 Å². The number of carbonyl (C=O) groups is 1. The SMILES string of the molecule is CC#CC(CC(=O)O)c1ccc(OCC(C)COc2ccc(C(C)(C)C)cc2Cl)cc1. The molecule has 2 atom stereocenters. The normalized spacial score (nSPS) is 13.0. The zero-order chi connectivity index (χ0) is 23.0. The molecular weight excluding hydrogens is 412 g/mol. The van der Waals surface area contributed by atoms with Crippen LogP contribution < -0.4 is 9.47 Å². The second kappa shape index (κ2) is 11.1.